The number of carboxylic acids is 1. The second kappa shape index (κ2) is 11.9. The third-order valence-electron chi connectivity index (χ3n) is 4.26. The third-order valence-corrected chi connectivity index (χ3v) is 4.26. The molecule has 0 saturated carbocycles. The first kappa shape index (κ1) is 25.0. The van der Waals surface area contributed by atoms with Gasteiger partial charge in [0.15, 0.2) is 6.54 Å². The molecule has 3 amide bonds. The molecule has 0 aliphatic rings. The fourth-order valence-corrected chi connectivity index (χ4v) is 2.60. The number of nitrogens with one attached hydrogen (secondary N) is 3. The zero-order chi connectivity index (χ0) is 22.8. The quantitative estimate of drug-likeness (QED) is 0.206. The molecule has 0 fully saturated rings. The van der Waals surface area contributed by atoms with Crippen molar-refractivity contribution in [3.05, 3.63) is 35.9 Å². The van der Waals surface area contributed by atoms with Gasteiger partial charge in [-0.25, -0.2) is 0 Å². The predicted octanol–water partition coefficient (Wildman–Crippen LogP) is -4.56. The summed E-state index contributed by atoms with van der Waals surface area (Å²) in [6.45, 7) is 2.30. The van der Waals surface area contributed by atoms with E-state index in [2.05, 4.69) is 21.7 Å². The van der Waals surface area contributed by atoms with E-state index in [-0.39, 0.29) is 13.0 Å². The van der Waals surface area contributed by atoms with Crippen molar-refractivity contribution in [1.29, 1.82) is 0 Å². The third kappa shape index (κ3) is 7.78. The molecule has 0 aliphatic carbocycles. The normalized spacial score (nSPS) is 15.8. The van der Waals surface area contributed by atoms with E-state index < -0.39 is 54.0 Å². The van der Waals surface area contributed by atoms with Crippen LogP contribution in [-0.4, -0.2) is 70.8 Å². The number of carbonyl (C=O) groups excluding carboxylic acids is 4. The van der Waals surface area contributed by atoms with Crippen LogP contribution in [0, 0.1) is 0 Å². The van der Waals surface area contributed by atoms with Gasteiger partial charge in [-0.15, -0.1) is 0 Å². The van der Waals surface area contributed by atoms with Gasteiger partial charge in [0, 0.05) is 6.42 Å². The lowest BCUT2D eigenvalue weighted by molar-refractivity contribution is -0.355. The Morgan fingerprint density at radius 1 is 0.933 bits per heavy atom. The molecule has 1 aromatic rings. The minimum absolute atomic E-state index is 0.00615. The van der Waals surface area contributed by atoms with Gasteiger partial charge in [0.25, 0.3) is 5.91 Å². The van der Waals surface area contributed by atoms with Crippen molar-refractivity contribution >= 4 is 23.7 Å². The molecule has 0 aromatic heterocycles. The average molecular weight is 424 g/mol. The van der Waals surface area contributed by atoms with Gasteiger partial charge in [0.2, 0.25) is 11.8 Å². The highest BCUT2D eigenvalue weighted by molar-refractivity contribution is 5.93. The second-order valence-corrected chi connectivity index (χ2v) is 6.83. The Morgan fingerprint density at radius 2 is 1.50 bits per heavy atom. The van der Waals surface area contributed by atoms with Crippen LogP contribution in [0.4, 0.5) is 0 Å². The molecule has 1 rings (SSSR count). The van der Waals surface area contributed by atoms with E-state index in [9.17, 15) is 34.5 Å². The number of carbonyl (C=O) groups is 4. The SMILES string of the molecule is C[C@@H](O)[C@H](NC(=O)[C@H](Cc1ccccc1)NC(=O)[C@H](NC(=O)C[NH3+])[C@@H](C)O)C(=O)[O-]. The summed E-state index contributed by atoms with van der Waals surface area (Å²) in [5.41, 5.74) is 4.06. The van der Waals surface area contributed by atoms with Crippen LogP contribution in [0.5, 0.6) is 0 Å². The molecular formula is C19H28N4O7. The summed E-state index contributed by atoms with van der Waals surface area (Å²) < 4.78 is 0. The molecule has 8 N–H and O–H groups in total. The second-order valence-electron chi connectivity index (χ2n) is 6.83. The monoisotopic (exact) mass is 424 g/mol. The molecule has 1 aromatic carbocycles. The van der Waals surface area contributed by atoms with Gasteiger partial charge in [-0.2, -0.15) is 0 Å². The maximum absolute atomic E-state index is 12.7. The van der Waals surface area contributed by atoms with E-state index in [1.807, 2.05) is 0 Å². The highest BCUT2D eigenvalue weighted by Crippen LogP contribution is 2.06. The van der Waals surface area contributed by atoms with Crippen LogP contribution in [0.2, 0.25) is 0 Å². The maximum atomic E-state index is 12.7. The molecule has 11 heteroatoms. The topological polar surface area (TPSA) is 196 Å². The van der Waals surface area contributed by atoms with Crippen molar-refractivity contribution in [2.75, 3.05) is 6.54 Å². The molecule has 0 spiro atoms. The van der Waals surface area contributed by atoms with E-state index in [1.165, 1.54) is 13.8 Å². The molecule has 166 valence electrons. The summed E-state index contributed by atoms with van der Waals surface area (Å²) in [5, 5.41) is 37.4. The lowest BCUT2D eigenvalue weighted by Gasteiger charge is -2.27. The predicted molar refractivity (Wildman–Crippen MR) is 102 cm³/mol. The van der Waals surface area contributed by atoms with Crippen LogP contribution in [0.3, 0.4) is 0 Å². The summed E-state index contributed by atoms with van der Waals surface area (Å²) in [7, 11) is 0. The first-order chi connectivity index (χ1) is 14.1. The van der Waals surface area contributed by atoms with Crippen LogP contribution >= 0.6 is 0 Å². The Kier molecular flexibility index (Phi) is 9.89. The number of amides is 3. The molecule has 0 radical (unpaired) electrons. The van der Waals surface area contributed by atoms with Gasteiger partial charge in [-0.3, -0.25) is 14.4 Å². The summed E-state index contributed by atoms with van der Waals surface area (Å²) >= 11 is 0. The molecule has 0 bridgehead atoms. The summed E-state index contributed by atoms with van der Waals surface area (Å²) in [6, 6.07) is 4.32. The van der Waals surface area contributed by atoms with Crippen molar-refractivity contribution in [2.45, 2.75) is 50.6 Å². The Bertz CT molecular complexity index is 740. The maximum Gasteiger partial charge on any atom is 0.275 e. The minimum atomic E-state index is -1.69. The Balaban J connectivity index is 3.07. The zero-order valence-electron chi connectivity index (χ0n) is 16.8. The first-order valence-electron chi connectivity index (χ1n) is 9.37. The molecule has 5 atom stereocenters. The van der Waals surface area contributed by atoms with Crippen LogP contribution in [0.1, 0.15) is 19.4 Å². The minimum Gasteiger partial charge on any atom is -0.548 e. The number of hydrogen-bond donors (Lipinski definition) is 6. The number of aliphatic hydroxyl groups is 2. The molecule has 0 heterocycles. The standard InChI is InChI=1S/C19H28N4O7/c1-10(24)15(22-14(26)9-20)18(28)21-13(8-12-6-4-3-5-7-12)17(27)23-16(11(2)25)19(29)30/h3-7,10-11,13,15-16,24-25H,8-9,20H2,1-2H3,(H,21,28)(H,22,26)(H,23,27)(H,29,30)/t10-,11-,13+,15-,16+/m1/s1. The average Bonchev–Trinajstić information content (AvgIpc) is 2.69. The van der Waals surface area contributed by atoms with Gasteiger partial charge >= 0.3 is 0 Å². The number of aliphatic hydroxyl groups excluding tert-OH is 2. The van der Waals surface area contributed by atoms with Gasteiger partial charge < -0.3 is 41.8 Å². The lowest BCUT2D eigenvalue weighted by Crippen LogP contribution is -2.63. The molecule has 0 aliphatic heterocycles. The zero-order valence-corrected chi connectivity index (χ0v) is 16.8. The fourth-order valence-electron chi connectivity index (χ4n) is 2.60. The summed E-state index contributed by atoms with van der Waals surface area (Å²) in [6.07, 6.45) is -2.71. The highest BCUT2D eigenvalue weighted by atomic mass is 16.4. The number of quaternary nitrogens is 1. The van der Waals surface area contributed by atoms with E-state index >= 15 is 0 Å². The van der Waals surface area contributed by atoms with Gasteiger partial charge in [0.1, 0.15) is 12.1 Å². The summed E-state index contributed by atoms with van der Waals surface area (Å²) in [4.78, 5) is 48.1. The summed E-state index contributed by atoms with van der Waals surface area (Å²) in [5.74, 6) is -3.99. The van der Waals surface area contributed by atoms with Gasteiger partial charge in [-0.05, 0) is 19.4 Å². The molecule has 0 unspecified atom stereocenters. The number of benzene rings is 1. The first-order valence-corrected chi connectivity index (χ1v) is 9.37. The Hall–Kier alpha value is -3.02. The van der Waals surface area contributed by atoms with Crippen molar-refractivity contribution < 1.29 is 40.2 Å². The van der Waals surface area contributed by atoms with Crippen molar-refractivity contribution in [1.82, 2.24) is 16.0 Å². The molecule has 30 heavy (non-hydrogen) atoms. The van der Waals surface area contributed by atoms with Crippen LogP contribution in [0.25, 0.3) is 0 Å². The molecular weight excluding hydrogens is 396 g/mol. The van der Waals surface area contributed by atoms with E-state index in [0.717, 1.165) is 0 Å². The van der Waals surface area contributed by atoms with Crippen LogP contribution in [0.15, 0.2) is 30.3 Å². The van der Waals surface area contributed by atoms with Gasteiger partial charge in [0.05, 0.1) is 24.2 Å². The number of rotatable bonds is 11. The van der Waals surface area contributed by atoms with E-state index in [1.54, 1.807) is 30.3 Å². The lowest BCUT2D eigenvalue weighted by atomic mass is 10.0. The number of carboxylic acid groups (broad SMARTS) is 1. The van der Waals surface area contributed by atoms with E-state index in [4.69, 9.17) is 0 Å². The van der Waals surface area contributed by atoms with Crippen LogP contribution in [-0.2, 0) is 25.6 Å². The van der Waals surface area contributed by atoms with Gasteiger partial charge in [-0.1, -0.05) is 30.3 Å². The van der Waals surface area contributed by atoms with Crippen molar-refractivity contribution in [3.8, 4) is 0 Å². The highest BCUT2D eigenvalue weighted by Gasteiger charge is 2.31. The number of hydrogen-bond acceptors (Lipinski definition) is 7. The number of aliphatic carboxylic acids is 1. The molecule has 0 saturated heterocycles. The van der Waals surface area contributed by atoms with Crippen molar-refractivity contribution in [3.63, 3.8) is 0 Å². The van der Waals surface area contributed by atoms with Crippen molar-refractivity contribution in [2.24, 2.45) is 0 Å². The molecule has 11 nitrogen and oxygen atoms in total. The largest absolute Gasteiger partial charge is 0.548 e. The smallest absolute Gasteiger partial charge is 0.275 e. The fraction of sp³-hybridized carbons (Fsp3) is 0.474. The van der Waals surface area contributed by atoms with Crippen LogP contribution < -0.4 is 26.8 Å². The Labute approximate surface area is 173 Å². The Morgan fingerprint density at radius 3 is 1.97 bits per heavy atom. The van der Waals surface area contributed by atoms with E-state index in [0.29, 0.717) is 5.56 Å².